The highest BCUT2D eigenvalue weighted by atomic mass is 35.5. The second-order valence-corrected chi connectivity index (χ2v) is 7.05. The normalized spacial score (nSPS) is 24.1. The number of hydrogen-bond acceptors (Lipinski definition) is 3. The Morgan fingerprint density at radius 2 is 2.00 bits per heavy atom. The second kappa shape index (κ2) is 5.20. The fourth-order valence-electron chi connectivity index (χ4n) is 3.30. The molecule has 1 aromatic rings. The molecule has 1 aromatic carbocycles. The number of benzene rings is 1. The molecule has 0 radical (unpaired) electrons. The molecule has 1 aliphatic heterocycles. The third-order valence-corrected chi connectivity index (χ3v) is 4.51. The Bertz CT molecular complexity index is 686. The largest absolute Gasteiger partial charge is 0.431 e. The molecule has 0 saturated heterocycles. The lowest BCUT2D eigenvalue weighted by atomic mass is 9.71. The van der Waals surface area contributed by atoms with Crippen molar-refractivity contribution in [3.63, 3.8) is 0 Å². The number of ether oxygens (including phenoxy) is 1. The van der Waals surface area contributed by atoms with Gasteiger partial charge in [-0.25, -0.2) is 4.39 Å². The van der Waals surface area contributed by atoms with Crippen LogP contribution < -0.4 is 0 Å². The van der Waals surface area contributed by atoms with Gasteiger partial charge in [0.05, 0.1) is 6.42 Å². The maximum absolute atomic E-state index is 14.2. The Balaban J connectivity index is 2.16. The maximum atomic E-state index is 14.2. The number of hydrogen-bond donors (Lipinski definition) is 0. The Labute approximate surface area is 133 Å². The van der Waals surface area contributed by atoms with Gasteiger partial charge in [0.25, 0.3) is 0 Å². The van der Waals surface area contributed by atoms with Gasteiger partial charge in [-0.2, -0.15) is 0 Å². The van der Waals surface area contributed by atoms with Gasteiger partial charge in [0.2, 0.25) is 0 Å². The molecular weight excluding hydrogens is 307 g/mol. The summed E-state index contributed by atoms with van der Waals surface area (Å²) < 4.78 is 19.5. The fourth-order valence-corrected chi connectivity index (χ4v) is 3.59. The van der Waals surface area contributed by atoms with E-state index in [9.17, 15) is 14.0 Å². The number of carbonyl (C=O) groups excluding carboxylic acids is 2. The van der Waals surface area contributed by atoms with Crippen molar-refractivity contribution in [2.75, 3.05) is 0 Å². The van der Waals surface area contributed by atoms with E-state index in [1.807, 2.05) is 13.8 Å². The van der Waals surface area contributed by atoms with Gasteiger partial charge < -0.3 is 4.74 Å². The summed E-state index contributed by atoms with van der Waals surface area (Å²) >= 11 is 6.12. The standard InChI is InChI=1S/C17H16ClFO3/c1-17(2)7-12(20)16-9(6-14(21)22-13(16)8-17)15-10(18)4-3-5-11(15)19/h3-5,9H,6-8H2,1-2H3. The highest BCUT2D eigenvalue weighted by molar-refractivity contribution is 6.31. The summed E-state index contributed by atoms with van der Waals surface area (Å²) in [4.78, 5) is 24.5. The number of allylic oxidation sites excluding steroid dienone is 2. The maximum Gasteiger partial charge on any atom is 0.311 e. The van der Waals surface area contributed by atoms with E-state index in [2.05, 4.69) is 0 Å². The molecule has 1 atom stereocenters. The van der Waals surface area contributed by atoms with Gasteiger partial charge in [0.15, 0.2) is 5.78 Å². The summed E-state index contributed by atoms with van der Waals surface area (Å²) in [6.45, 7) is 3.89. The number of ketones is 1. The molecule has 1 aliphatic carbocycles. The first-order valence-corrected chi connectivity index (χ1v) is 7.57. The zero-order valence-electron chi connectivity index (χ0n) is 12.4. The molecule has 0 fully saturated rings. The van der Waals surface area contributed by atoms with Crippen molar-refractivity contribution in [1.82, 2.24) is 0 Å². The molecule has 1 heterocycles. The Morgan fingerprint density at radius 3 is 2.68 bits per heavy atom. The molecule has 1 unspecified atom stereocenters. The number of carbonyl (C=O) groups is 2. The quantitative estimate of drug-likeness (QED) is 0.729. The molecule has 0 bridgehead atoms. The lowest BCUT2D eigenvalue weighted by Gasteiger charge is -2.36. The Morgan fingerprint density at radius 1 is 1.27 bits per heavy atom. The van der Waals surface area contributed by atoms with Gasteiger partial charge >= 0.3 is 5.97 Å². The van der Waals surface area contributed by atoms with Crippen molar-refractivity contribution < 1.29 is 18.7 Å². The third kappa shape index (κ3) is 2.56. The van der Waals surface area contributed by atoms with Crippen LogP contribution in [-0.4, -0.2) is 11.8 Å². The number of esters is 1. The van der Waals surface area contributed by atoms with Gasteiger partial charge in [-0.1, -0.05) is 31.5 Å². The molecule has 5 heteroatoms. The van der Waals surface area contributed by atoms with E-state index in [1.54, 1.807) is 6.07 Å². The van der Waals surface area contributed by atoms with E-state index < -0.39 is 17.7 Å². The summed E-state index contributed by atoms with van der Waals surface area (Å²) in [5.41, 5.74) is 0.351. The Hall–Kier alpha value is -1.68. The van der Waals surface area contributed by atoms with E-state index in [0.29, 0.717) is 24.2 Å². The predicted molar refractivity (Wildman–Crippen MR) is 79.9 cm³/mol. The zero-order valence-corrected chi connectivity index (χ0v) is 13.2. The number of rotatable bonds is 1. The van der Waals surface area contributed by atoms with Gasteiger partial charge in [-0.3, -0.25) is 9.59 Å². The van der Waals surface area contributed by atoms with Crippen LogP contribution in [0.2, 0.25) is 5.02 Å². The molecular formula is C17H16ClFO3. The van der Waals surface area contributed by atoms with Crippen LogP contribution in [0.5, 0.6) is 0 Å². The summed E-state index contributed by atoms with van der Waals surface area (Å²) in [5, 5.41) is 0.226. The van der Waals surface area contributed by atoms with Gasteiger partial charge in [0, 0.05) is 34.9 Å². The van der Waals surface area contributed by atoms with E-state index >= 15 is 0 Å². The average molecular weight is 323 g/mol. The first-order valence-electron chi connectivity index (χ1n) is 7.19. The van der Waals surface area contributed by atoms with Crippen LogP contribution in [0.1, 0.15) is 44.6 Å². The van der Waals surface area contributed by atoms with E-state index in [4.69, 9.17) is 16.3 Å². The minimum atomic E-state index is -0.659. The fraction of sp³-hybridized carbons (Fsp3) is 0.412. The molecule has 3 nitrogen and oxygen atoms in total. The van der Waals surface area contributed by atoms with Crippen molar-refractivity contribution in [2.24, 2.45) is 5.41 Å². The van der Waals surface area contributed by atoms with Crippen LogP contribution in [0.4, 0.5) is 4.39 Å². The van der Waals surface area contributed by atoms with Crippen LogP contribution in [0.25, 0.3) is 0 Å². The summed E-state index contributed by atoms with van der Waals surface area (Å²) in [5.74, 6) is -1.33. The van der Waals surface area contributed by atoms with Crippen LogP contribution in [0.15, 0.2) is 29.5 Å². The monoisotopic (exact) mass is 322 g/mol. The zero-order chi connectivity index (χ0) is 16.1. The molecule has 3 rings (SSSR count). The van der Waals surface area contributed by atoms with E-state index in [-0.39, 0.29) is 28.2 Å². The molecule has 0 N–H and O–H groups in total. The smallest absolute Gasteiger partial charge is 0.311 e. The summed E-state index contributed by atoms with van der Waals surface area (Å²) in [6.07, 6.45) is 0.778. The molecule has 2 aliphatic rings. The van der Waals surface area contributed by atoms with Crippen molar-refractivity contribution >= 4 is 23.4 Å². The minimum absolute atomic E-state index is 0.0638. The molecule has 116 valence electrons. The number of halogens is 2. The summed E-state index contributed by atoms with van der Waals surface area (Å²) in [7, 11) is 0. The van der Waals surface area contributed by atoms with Crippen LogP contribution >= 0.6 is 11.6 Å². The molecule has 0 spiro atoms. The molecule has 0 amide bonds. The van der Waals surface area contributed by atoms with Crippen molar-refractivity contribution in [3.8, 4) is 0 Å². The average Bonchev–Trinajstić information content (AvgIpc) is 2.35. The molecule has 0 saturated carbocycles. The van der Waals surface area contributed by atoms with Gasteiger partial charge in [-0.15, -0.1) is 0 Å². The van der Waals surface area contributed by atoms with Gasteiger partial charge in [-0.05, 0) is 17.5 Å². The molecule has 0 aromatic heterocycles. The minimum Gasteiger partial charge on any atom is -0.431 e. The lowest BCUT2D eigenvalue weighted by molar-refractivity contribution is -0.142. The highest BCUT2D eigenvalue weighted by Crippen LogP contribution is 2.47. The highest BCUT2D eigenvalue weighted by Gasteiger charge is 2.43. The number of Topliss-reactive ketones (excluding diaryl/α,β-unsaturated/α-hetero) is 1. The molecule has 22 heavy (non-hydrogen) atoms. The van der Waals surface area contributed by atoms with Crippen LogP contribution in [-0.2, 0) is 14.3 Å². The van der Waals surface area contributed by atoms with Crippen molar-refractivity contribution in [2.45, 2.75) is 39.0 Å². The predicted octanol–water partition coefficient (Wildman–Crippen LogP) is 4.15. The van der Waals surface area contributed by atoms with Crippen LogP contribution in [0.3, 0.4) is 0 Å². The third-order valence-electron chi connectivity index (χ3n) is 4.18. The lowest BCUT2D eigenvalue weighted by Crippen LogP contribution is -2.34. The van der Waals surface area contributed by atoms with Crippen LogP contribution in [0, 0.1) is 11.2 Å². The van der Waals surface area contributed by atoms with E-state index in [0.717, 1.165) is 0 Å². The first-order chi connectivity index (χ1) is 10.3. The van der Waals surface area contributed by atoms with Gasteiger partial charge in [0.1, 0.15) is 11.6 Å². The van der Waals surface area contributed by atoms with E-state index in [1.165, 1.54) is 12.1 Å². The topological polar surface area (TPSA) is 43.4 Å². The SMILES string of the molecule is CC1(C)CC(=O)C2=C(C1)OC(=O)CC2c1c(F)cccc1Cl. The van der Waals surface area contributed by atoms with Crippen molar-refractivity contribution in [3.05, 3.63) is 45.9 Å². The van der Waals surface area contributed by atoms with Crippen molar-refractivity contribution in [1.29, 1.82) is 0 Å². The second-order valence-electron chi connectivity index (χ2n) is 6.64. The summed E-state index contributed by atoms with van der Waals surface area (Å²) in [6, 6.07) is 4.36. The first kappa shape index (κ1) is 15.2. The Kier molecular flexibility index (Phi) is 3.60.